The normalized spacial score (nSPS) is 26.1. The molecule has 1 N–H and O–H groups in total. The third-order valence-corrected chi connectivity index (χ3v) is 12.1. The van der Waals surface area contributed by atoms with Gasteiger partial charge < -0.3 is 24.7 Å². The van der Waals surface area contributed by atoms with Crippen LogP contribution >= 0.6 is 11.8 Å². The van der Waals surface area contributed by atoms with Crippen LogP contribution in [0.5, 0.6) is 0 Å². The summed E-state index contributed by atoms with van der Waals surface area (Å²) in [4.78, 5) is 51.6. The Hall–Kier alpha value is -3.56. The molecule has 2 aromatic carbocycles. The number of carbonyl (C=O) groups is 3. The minimum Gasteiger partial charge on any atom is -0.396 e. The van der Waals surface area contributed by atoms with Crippen molar-refractivity contribution in [1.82, 2.24) is 4.90 Å². The molecule has 3 aliphatic heterocycles. The molecule has 0 aliphatic carbocycles. The Morgan fingerprint density at radius 3 is 2.09 bits per heavy atom. The molecule has 5 rings (SSSR count). The average Bonchev–Trinajstić information content (AvgIpc) is 3.64. The Labute approximate surface area is 278 Å². The van der Waals surface area contributed by atoms with E-state index in [1.54, 1.807) is 38.6 Å². The number of aliphatic hydroxyl groups is 1. The maximum absolute atomic E-state index is 14.9. The van der Waals surface area contributed by atoms with E-state index in [4.69, 9.17) is 0 Å². The van der Waals surface area contributed by atoms with Crippen molar-refractivity contribution in [1.29, 1.82) is 0 Å². The van der Waals surface area contributed by atoms with Crippen molar-refractivity contribution in [2.24, 2.45) is 11.8 Å². The lowest BCUT2D eigenvalue weighted by molar-refractivity contribution is -0.139. The molecule has 8 nitrogen and oxygen atoms in total. The molecule has 0 radical (unpaired) electrons. The molecule has 0 aromatic heterocycles. The van der Waals surface area contributed by atoms with Crippen molar-refractivity contribution < 1.29 is 19.5 Å². The second-order valence-corrected chi connectivity index (χ2v) is 14.6. The van der Waals surface area contributed by atoms with Crippen LogP contribution in [0.3, 0.4) is 0 Å². The minimum absolute atomic E-state index is 0.0121. The highest BCUT2D eigenvalue weighted by Gasteiger charge is 2.77. The summed E-state index contributed by atoms with van der Waals surface area (Å²) in [6.07, 6.45) is 5.95. The first kappa shape index (κ1) is 33.8. The van der Waals surface area contributed by atoms with Gasteiger partial charge in [-0.3, -0.25) is 14.4 Å². The Bertz CT molecular complexity index is 1430. The Morgan fingerprint density at radius 2 is 1.50 bits per heavy atom. The van der Waals surface area contributed by atoms with Crippen molar-refractivity contribution in [2.45, 2.75) is 62.0 Å². The fourth-order valence-corrected chi connectivity index (χ4v) is 10.3. The Kier molecular flexibility index (Phi) is 10.3. The van der Waals surface area contributed by atoms with Crippen LogP contribution < -0.4 is 14.7 Å². The predicted molar refractivity (Wildman–Crippen MR) is 188 cm³/mol. The highest BCUT2D eigenvalue weighted by atomic mass is 32.2. The molecule has 3 heterocycles. The second kappa shape index (κ2) is 14.1. The largest absolute Gasteiger partial charge is 0.396 e. The summed E-state index contributed by atoms with van der Waals surface area (Å²) >= 11 is 1.68. The number of nitrogens with zero attached hydrogens (tertiary/aromatic N) is 4. The van der Waals surface area contributed by atoms with Gasteiger partial charge in [-0.05, 0) is 82.9 Å². The van der Waals surface area contributed by atoms with E-state index in [0.29, 0.717) is 38.9 Å². The summed E-state index contributed by atoms with van der Waals surface area (Å²) < 4.78 is -1.23. The molecule has 0 saturated carbocycles. The van der Waals surface area contributed by atoms with E-state index in [-0.39, 0.29) is 24.3 Å². The first-order valence-electron chi connectivity index (χ1n) is 16.6. The van der Waals surface area contributed by atoms with E-state index in [1.165, 1.54) is 0 Å². The molecule has 2 unspecified atom stereocenters. The van der Waals surface area contributed by atoms with Gasteiger partial charge in [0.15, 0.2) is 0 Å². The van der Waals surface area contributed by atoms with Crippen LogP contribution in [0.15, 0.2) is 79.9 Å². The van der Waals surface area contributed by atoms with Gasteiger partial charge in [0.25, 0.3) is 5.91 Å². The maximum Gasteiger partial charge on any atom is 0.251 e. The standard InChI is InChI=1S/C37H48N4O4S/c1-6-23-39(28-15-11-10-12-16-28)33(43)30-31-34(44)41(25-13-14-26-42)32(37(31)22-21-36(30,5)46-37)35(45)40(24-7-2)29-19-17-27(18-20-29)38(8-3)9-4/h6-7,10-12,15-20,30-32,42H,1-2,8-9,13-14,21-26H2,3-5H3/t30-,31-,32?,36+,37?/m0/s1. The summed E-state index contributed by atoms with van der Waals surface area (Å²) in [7, 11) is 0. The number of rotatable bonds is 15. The lowest BCUT2D eigenvalue weighted by Gasteiger charge is -2.38. The van der Waals surface area contributed by atoms with E-state index in [2.05, 4.69) is 38.8 Å². The monoisotopic (exact) mass is 644 g/mol. The van der Waals surface area contributed by atoms with Crippen molar-refractivity contribution in [3.05, 3.63) is 79.9 Å². The van der Waals surface area contributed by atoms with Crippen molar-refractivity contribution in [2.75, 3.05) is 54.0 Å². The molecule has 3 amide bonds. The van der Waals surface area contributed by atoms with E-state index in [1.807, 2.05) is 54.6 Å². The summed E-state index contributed by atoms with van der Waals surface area (Å²) in [5, 5.41) is 9.56. The molecule has 2 aromatic rings. The number of aliphatic hydroxyl groups excluding tert-OH is 1. The number of hydrogen-bond acceptors (Lipinski definition) is 6. The van der Waals surface area contributed by atoms with Gasteiger partial charge in [0.1, 0.15) is 6.04 Å². The van der Waals surface area contributed by atoms with Gasteiger partial charge in [-0.2, -0.15) is 0 Å². The van der Waals surface area contributed by atoms with Crippen LogP contribution in [-0.2, 0) is 14.4 Å². The van der Waals surface area contributed by atoms with Crippen molar-refractivity contribution in [3.63, 3.8) is 0 Å². The number of amides is 3. The quantitative estimate of drug-likeness (QED) is 0.203. The number of unbranched alkanes of at least 4 members (excludes halogenated alkanes) is 1. The van der Waals surface area contributed by atoms with Gasteiger partial charge in [-0.25, -0.2) is 0 Å². The fraction of sp³-hybridized carbons (Fsp3) is 0.486. The molecule has 9 heteroatoms. The zero-order chi connectivity index (χ0) is 33.1. The van der Waals surface area contributed by atoms with E-state index < -0.39 is 27.4 Å². The highest BCUT2D eigenvalue weighted by Crippen LogP contribution is 2.71. The lowest BCUT2D eigenvalue weighted by atomic mass is 9.66. The first-order chi connectivity index (χ1) is 22.2. The molecule has 246 valence electrons. The number of para-hydroxylation sites is 1. The summed E-state index contributed by atoms with van der Waals surface area (Å²) in [6.45, 7) is 16.9. The second-order valence-electron chi connectivity index (χ2n) is 12.7. The third-order valence-electron chi connectivity index (χ3n) is 10.1. The molecule has 2 bridgehead atoms. The highest BCUT2D eigenvalue weighted by molar-refractivity contribution is 8.02. The van der Waals surface area contributed by atoms with Gasteiger partial charge in [-0.1, -0.05) is 30.4 Å². The molecule has 46 heavy (non-hydrogen) atoms. The third kappa shape index (κ3) is 5.77. The number of fused-ring (bicyclic) bond motifs is 1. The zero-order valence-electron chi connectivity index (χ0n) is 27.4. The van der Waals surface area contributed by atoms with Crippen LogP contribution in [-0.4, -0.2) is 82.6 Å². The van der Waals surface area contributed by atoms with Crippen molar-refractivity contribution in [3.8, 4) is 0 Å². The molecule has 3 fully saturated rings. The van der Waals surface area contributed by atoms with Gasteiger partial charge >= 0.3 is 0 Å². The zero-order valence-corrected chi connectivity index (χ0v) is 28.3. The SMILES string of the molecule is C=CCN(C(=O)C1N(CCCCO)C(=O)[C@@H]2[C@@H](C(=O)N(CC=C)c3ccccc3)[C@@]3(C)CCC12S3)c1ccc(N(CC)CC)cc1. The molecular weight excluding hydrogens is 596 g/mol. The van der Waals surface area contributed by atoms with Crippen LogP contribution in [0, 0.1) is 11.8 Å². The Balaban J connectivity index is 1.55. The number of benzene rings is 2. The van der Waals surface area contributed by atoms with Crippen LogP contribution in [0.25, 0.3) is 0 Å². The van der Waals surface area contributed by atoms with Crippen LogP contribution in [0.4, 0.5) is 17.1 Å². The number of carbonyl (C=O) groups excluding carboxylic acids is 3. The summed E-state index contributed by atoms with van der Waals surface area (Å²) in [6, 6.07) is 16.8. The number of hydrogen-bond donors (Lipinski definition) is 1. The first-order valence-corrected chi connectivity index (χ1v) is 17.4. The minimum atomic E-state index is -0.737. The summed E-state index contributed by atoms with van der Waals surface area (Å²) in [5.41, 5.74) is 2.60. The number of likely N-dealkylation sites (tertiary alicyclic amines) is 1. The van der Waals surface area contributed by atoms with Gasteiger partial charge in [0.05, 0.1) is 16.6 Å². The lowest BCUT2D eigenvalue weighted by Crippen LogP contribution is -2.55. The molecule has 5 atom stereocenters. The average molecular weight is 645 g/mol. The van der Waals surface area contributed by atoms with E-state index >= 15 is 0 Å². The van der Waals surface area contributed by atoms with Crippen molar-refractivity contribution >= 4 is 46.5 Å². The van der Waals surface area contributed by atoms with Gasteiger partial charge in [-0.15, -0.1) is 24.9 Å². The summed E-state index contributed by atoms with van der Waals surface area (Å²) in [5.74, 6) is -1.59. The van der Waals surface area contributed by atoms with E-state index in [9.17, 15) is 19.5 Å². The van der Waals surface area contributed by atoms with E-state index in [0.717, 1.165) is 36.6 Å². The topological polar surface area (TPSA) is 84.4 Å². The Morgan fingerprint density at radius 1 is 0.913 bits per heavy atom. The molecular formula is C37H48N4O4S. The number of thioether (sulfide) groups is 1. The molecule has 3 aliphatic rings. The number of anilines is 3. The van der Waals surface area contributed by atoms with Gasteiger partial charge in [0.2, 0.25) is 11.8 Å². The predicted octanol–water partition coefficient (Wildman–Crippen LogP) is 5.52. The smallest absolute Gasteiger partial charge is 0.251 e. The maximum atomic E-state index is 14.9. The molecule has 1 spiro atoms. The fourth-order valence-electron chi connectivity index (χ4n) is 7.97. The van der Waals surface area contributed by atoms with Crippen LogP contribution in [0.1, 0.15) is 46.5 Å². The molecule has 3 saturated heterocycles. The van der Waals surface area contributed by atoms with Gasteiger partial charge in [0, 0.05) is 61.1 Å². The van der Waals surface area contributed by atoms with Crippen LogP contribution in [0.2, 0.25) is 0 Å².